The molecule has 0 N–H and O–H groups in total. The molecule has 9 heteroatoms. The number of nitrogens with zero attached hydrogens (tertiary/aromatic N) is 1. The van der Waals surface area contributed by atoms with E-state index in [1.54, 1.807) is 42.5 Å². The van der Waals surface area contributed by atoms with Crippen LogP contribution in [0.25, 0.3) is 11.8 Å². The van der Waals surface area contributed by atoms with Crippen LogP contribution in [0, 0.1) is 0 Å². The number of hydrogen-bond donors (Lipinski definition) is 0. The third-order valence-corrected chi connectivity index (χ3v) is 6.28. The minimum absolute atomic E-state index is 0.179. The van der Waals surface area contributed by atoms with E-state index < -0.39 is 5.97 Å². The van der Waals surface area contributed by atoms with Crippen molar-refractivity contribution in [3.8, 4) is 23.0 Å². The van der Waals surface area contributed by atoms with Crippen LogP contribution >= 0.6 is 23.2 Å². The summed E-state index contributed by atoms with van der Waals surface area (Å²) in [5.74, 6) is 1.39. The van der Waals surface area contributed by atoms with Gasteiger partial charge in [0.2, 0.25) is 0 Å². The third-order valence-electron chi connectivity index (χ3n) is 5.67. The zero-order chi connectivity index (χ0) is 27.8. The van der Waals surface area contributed by atoms with Crippen LogP contribution in [0.1, 0.15) is 27.0 Å². The Morgan fingerprint density at radius 3 is 2.00 bits per heavy atom. The Morgan fingerprint density at radius 1 is 0.769 bits per heavy atom. The summed E-state index contributed by atoms with van der Waals surface area (Å²) >= 11 is 12.7. The average Bonchev–Trinajstić information content (AvgIpc) is 2.97. The van der Waals surface area contributed by atoms with Gasteiger partial charge < -0.3 is 23.7 Å². The summed E-state index contributed by atoms with van der Waals surface area (Å²) in [4.78, 5) is 17.4. The molecule has 0 unspecified atom stereocenters. The maximum Gasteiger partial charge on any atom is 0.343 e. The van der Waals surface area contributed by atoms with E-state index in [1.807, 2.05) is 30.3 Å². The summed E-state index contributed by atoms with van der Waals surface area (Å²) in [6.07, 6.45) is 4.47. The van der Waals surface area contributed by atoms with Crippen LogP contribution in [0.15, 0.2) is 79.1 Å². The topological polar surface area (TPSA) is 76.1 Å². The molecule has 39 heavy (non-hydrogen) atoms. The lowest BCUT2D eigenvalue weighted by Crippen LogP contribution is -2.07. The fourth-order valence-electron chi connectivity index (χ4n) is 3.66. The molecular formula is C30H25Cl2NO6. The number of carbonyl (C=O) groups is 1. The molecule has 0 aliphatic carbocycles. The zero-order valence-corrected chi connectivity index (χ0v) is 23.0. The molecule has 3 aromatic carbocycles. The molecule has 1 aromatic heterocycles. The minimum Gasteiger partial charge on any atom is -0.493 e. The monoisotopic (exact) mass is 565 g/mol. The lowest BCUT2D eigenvalue weighted by atomic mass is 10.1. The predicted octanol–water partition coefficient (Wildman–Crippen LogP) is 7.35. The minimum atomic E-state index is -0.635. The molecule has 0 spiro atoms. The zero-order valence-electron chi connectivity index (χ0n) is 21.4. The van der Waals surface area contributed by atoms with Crippen molar-refractivity contribution >= 4 is 41.0 Å². The van der Waals surface area contributed by atoms with Gasteiger partial charge >= 0.3 is 5.97 Å². The smallest absolute Gasteiger partial charge is 0.343 e. The fraction of sp³-hybridized carbons (Fsp3) is 0.133. The lowest BCUT2D eigenvalue weighted by Gasteiger charge is -2.15. The molecule has 4 rings (SSSR count). The Kier molecular flexibility index (Phi) is 9.31. The van der Waals surface area contributed by atoms with Crippen molar-refractivity contribution in [3.63, 3.8) is 0 Å². The van der Waals surface area contributed by atoms with Gasteiger partial charge in [0, 0.05) is 23.5 Å². The van der Waals surface area contributed by atoms with Gasteiger partial charge in [-0.15, -0.1) is 0 Å². The standard InChI is InChI=1S/C30H25Cl2NO6/c1-35-25-11-9-20(13-28(25)37-3)27(15-22-23(31)16-33-17-24(22)32)39-30(34)21-10-12-26(36-2)29(14-21)38-18-19-7-5-4-6-8-19/h4-17H,18H2,1-3H3. The quantitative estimate of drug-likeness (QED) is 0.147. The van der Waals surface area contributed by atoms with Crippen molar-refractivity contribution in [1.29, 1.82) is 0 Å². The fourth-order valence-corrected chi connectivity index (χ4v) is 4.14. The molecule has 0 atom stereocenters. The Hall–Kier alpha value is -4.20. The predicted molar refractivity (Wildman–Crippen MR) is 151 cm³/mol. The van der Waals surface area contributed by atoms with Crippen LogP contribution in [-0.2, 0) is 11.3 Å². The molecule has 7 nitrogen and oxygen atoms in total. The van der Waals surface area contributed by atoms with E-state index in [4.69, 9.17) is 46.9 Å². The Morgan fingerprint density at radius 2 is 1.36 bits per heavy atom. The number of ether oxygens (including phenoxy) is 5. The maximum atomic E-state index is 13.4. The van der Waals surface area contributed by atoms with Gasteiger partial charge in [0.1, 0.15) is 12.4 Å². The Balaban J connectivity index is 1.69. The van der Waals surface area contributed by atoms with Crippen LogP contribution < -0.4 is 18.9 Å². The summed E-state index contributed by atoms with van der Waals surface area (Å²) in [6.45, 7) is 0.297. The van der Waals surface area contributed by atoms with Crippen molar-refractivity contribution in [2.75, 3.05) is 21.3 Å². The molecule has 0 fully saturated rings. The number of hydrogen-bond acceptors (Lipinski definition) is 7. The molecule has 0 aliphatic rings. The van der Waals surface area contributed by atoms with E-state index in [0.29, 0.717) is 40.7 Å². The van der Waals surface area contributed by atoms with Crippen LogP contribution in [0.3, 0.4) is 0 Å². The lowest BCUT2D eigenvalue weighted by molar-refractivity contribution is 0.0693. The van der Waals surface area contributed by atoms with E-state index in [0.717, 1.165) is 5.56 Å². The molecule has 0 amide bonds. The average molecular weight is 566 g/mol. The summed E-state index contributed by atoms with van der Waals surface area (Å²) in [7, 11) is 4.58. The molecule has 0 saturated carbocycles. The number of rotatable bonds is 10. The Labute approximate surface area is 236 Å². The number of esters is 1. The van der Waals surface area contributed by atoms with E-state index in [-0.39, 0.29) is 21.4 Å². The first-order valence-electron chi connectivity index (χ1n) is 11.7. The molecule has 4 aromatic rings. The molecule has 1 heterocycles. The van der Waals surface area contributed by atoms with Crippen LogP contribution in [0.4, 0.5) is 0 Å². The van der Waals surface area contributed by atoms with E-state index in [9.17, 15) is 4.79 Å². The van der Waals surface area contributed by atoms with Crippen molar-refractivity contribution in [2.24, 2.45) is 0 Å². The molecule has 200 valence electrons. The highest BCUT2D eigenvalue weighted by Gasteiger charge is 2.18. The second kappa shape index (κ2) is 13.0. The number of halogens is 2. The third kappa shape index (κ3) is 6.82. The number of aromatic nitrogens is 1. The number of pyridine rings is 1. The summed E-state index contributed by atoms with van der Waals surface area (Å²) in [6, 6.07) is 19.6. The highest BCUT2D eigenvalue weighted by molar-refractivity contribution is 6.37. The molecule has 0 bridgehead atoms. The SMILES string of the molecule is COc1ccc(C(=Cc2c(Cl)cncc2Cl)OC(=O)c2ccc(OC)c(OCc3ccccc3)c2)cc1OC. The summed E-state index contributed by atoms with van der Waals surface area (Å²) < 4.78 is 28.0. The van der Waals surface area contributed by atoms with Gasteiger partial charge in [-0.3, -0.25) is 4.98 Å². The van der Waals surface area contributed by atoms with Gasteiger partial charge in [-0.25, -0.2) is 4.79 Å². The van der Waals surface area contributed by atoms with Crippen LogP contribution in [-0.4, -0.2) is 32.3 Å². The second-order valence-electron chi connectivity index (χ2n) is 8.12. The van der Waals surface area contributed by atoms with Crippen molar-refractivity contribution in [2.45, 2.75) is 6.61 Å². The molecular weight excluding hydrogens is 541 g/mol. The first-order valence-corrected chi connectivity index (χ1v) is 12.5. The largest absolute Gasteiger partial charge is 0.493 e. The number of benzene rings is 3. The molecule has 0 radical (unpaired) electrons. The van der Waals surface area contributed by atoms with E-state index >= 15 is 0 Å². The highest BCUT2D eigenvalue weighted by Crippen LogP contribution is 2.35. The molecule has 0 aliphatic heterocycles. The second-order valence-corrected chi connectivity index (χ2v) is 8.94. The number of methoxy groups -OCH3 is 3. The van der Waals surface area contributed by atoms with Gasteiger partial charge in [-0.1, -0.05) is 53.5 Å². The van der Waals surface area contributed by atoms with E-state index in [1.165, 1.54) is 33.7 Å². The maximum absolute atomic E-state index is 13.4. The summed E-state index contributed by atoms with van der Waals surface area (Å²) in [5.41, 5.74) is 2.18. The van der Waals surface area contributed by atoms with Gasteiger partial charge in [0.05, 0.1) is 36.9 Å². The highest BCUT2D eigenvalue weighted by atomic mass is 35.5. The van der Waals surface area contributed by atoms with Crippen LogP contribution in [0.2, 0.25) is 10.0 Å². The van der Waals surface area contributed by atoms with Gasteiger partial charge in [-0.2, -0.15) is 0 Å². The van der Waals surface area contributed by atoms with Crippen molar-refractivity contribution < 1.29 is 28.5 Å². The van der Waals surface area contributed by atoms with Crippen molar-refractivity contribution in [1.82, 2.24) is 4.98 Å². The van der Waals surface area contributed by atoms with Crippen molar-refractivity contribution in [3.05, 3.63) is 111 Å². The first-order chi connectivity index (χ1) is 18.9. The van der Waals surface area contributed by atoms with Crippen LogP contribution in [0.5, 0.6) is 23.0 Å². The summed E-state index contributed by atoms with van der Waals surface area (Å²) in [5, 5.41) is 0.579. The molecule has 0 saturated heterocycles. The van der Waals surface area contributed by atoms with E-state index in [2.05, 4.69) is 4.98 Å². The normalized spacial score (nSPS) is 11.1. The number of carbonyl (C=O) groups excluding carboxylic acids is 1. The first kappa shape index (κ1) is 27.8. The van der Waals surface area contributed by atoms with Gasteiger partial charge in [0.25, 0.3) is 0 Å². The van der Waals surface area contributed by atoms with Gasteiger partial charge in [-0.05, 0) is 48.0 Å². The Bertz CT molecular complexity index is 1470. The van der Waals surface area contributed by atoms with Gasteiger partial charge in [0.15, 0.2) is 23.0 Å².